The lowest BCUT2D eigenvalue weighted by Gasteiger charge is -2.01. The van der Waals surface area contributed by atoms with Gasteiger partial charge in [-0.25, -0.2) is 4.98 Å². The summed E-state index contributed by atoms with van der Waals surface area (Å²) in [5.41, 5.74) is 5.11. The summed E-state index contributed by atoms with van der Waals surface area (Å²) in [4.78, 5) is 11.8. The third kappa shape index (κ3) is 1.70. The Balaban J connectivity index is 1.92. The fourth-order valence-electron chi connectivity index (χ4n) is 2.35. The zero-order chi connectivity index (χ0) is 13.4. The van der Waals surface area contributed by atoms with Gasteiger partial charge in [-0.1, -0.05) is 6.07 Å². The standard InChI is InChI=1S/C16H11N3O/c1-2-11(7-17-4-1)13-6-14-15(12-3-5-20-10-12)9-19-16(14)18-8-13/h1-10H,(H,18,19). The van der Waals surface area contributed by atoms with E-state index in [0.717, 1.165) is 33.3 Å². The van der Waals surface area contributed by atoms with Crippen LogP contribution in [0.3, 0.4) is 0 Å². The summed E-state index contributed by atoms with van der Waals surface area (Å²) in [5, 5.41) is 1.08. The van der Waals surface area contributed by atoms with Crippen molar-refractivity contribution in [1.82, 2.24) is 15.0 Å². The van der Waals surface area contributed by atoms with E-state index >= 15 is 0 Å². The molecule has 4 heterocycles. The second-order valence-electron chi connectivity index (χ2n) is 4.58. The van der Waals surface area contributed by atoms with Crippen molar-refractivity contribution in [3.05, 3.63) is 61.6 Å². The van der Waals surface area contributed by atoms with Crippen LogP contribution in [0.1, 0.15) is 0 Å². The highest BCUT2D eigenvalue weighted by atomic mass is 16.3. The van der Waals surface area contributed by atoms with Crippen LogP contribution in [0, 0.1) is 0 Å². The number of hydrogen-bond donors (Lipinski definition) is 1. The lowest BCUT2D eigenvalue weighted by atomic mass is 10.1. The lowest BCUT2D eigenvalue weighted by Crippen LogP contribution is -1.83. The van der Waals surface area contributed by atoms with Gasteiger partial charge in [0.15, 0.2) is 0 Å². The van der Waals surface area contributed by atoms with Crippen molar-refractivity contribution in [2.75, 3.05) is 0 Å². The summed E-state index contributed by atoms with van der Waals surface area (Å²) in [6.45, 7) is 0. The maximum Gasteiger partial charge on any atom is 0.137 e. The fourth-order valence-corrected chi connectivity index (χ4v) is 2.35. The predicted molar refractivity (Wildman–Crippen MR) is 77.0 cm³/mol. The number of fused-ring (bicyclic) bond motifs is 1. The molecule has 0 fully saturated rings. The molecule has 4 rings (SSSR count). The number of hydrogen-bond acceptors (Lipinski definition) is 3. The average molecular weight is 261 g/mol. The first-order valence-electron chi connectivity index (χ1n) is 6.32. The smallest absolute Gasteiger partial charge is 0.137 e. The van der Waals surface area contributed by atoms with Crippen molar-refractivity contribution < 1.29 is 4.42 Å². The Hall–Kier alpha value is -2.88. The first-order valence-corrected chi connectivity index (χ1v) is 6.32. The molecule has 4 nitrogen and oxygen atoms in total. The molecule has 4 aromatic heterocycles. The van der Waals surface area contributed by atoms with Crippen molar-refractivity contribution in [3.63, 3.8) is 0 Å². The van der Waals surface area contributed by atoms with E-state index in [1.807, 2.05) is 36.8 Å². The third-order valence-electron chi connectivity index (χ3n) is 3.36. The van der Waals surface area contributed by atoms with Crippen molar-refractivity contribution in [2.24, 2.45) is 0 Å². The van der Waals surface area contributed by atoms with Gasteiger partial charge in [-0.3, -0.25) is 4.98 Å². The molecule has 0 aromatic carbocycles. The van der Waals surface area contributed by atoms with Crippen LogP contribution in [-0.2, 0) is 0 Å². The largest absolute Gasteiger partial charge is 0.472 e. The zero-order valence-corrected chi connectivity index (χ0v) is 10.6. The Morgan fingerprint density at radius 2 is 2.05 bits per heavy atom. The van der Waals surface area contributed by atoms with Crippen LogP contribution >= 0.6 is 0 Å². The third-order valence-corrected chi connectivity index (χ3v) is 3.36. The van der Waals surface area contributed by atoms with Gasteiger partial charge in [0, 0.05) is 52.4 Å². The quantitative estimate of drug-likeness (QED) is 0.595. The summed E-state index contributed by atoms with van der Waals surface area (Å²) in [7, 11) is 0. The second kappa shape index (κ2) is 4.35. The Bertz CT molecular complexity index is 848. The minimum Gasteiger partial charge on any atom is -0.472 e. The molecule has 1 N–H and O–H groups in total. The lowest BCUT2D eigenvalue weighted by molar-refractivity contribution is 0.568. The second-order valence-corrected chi connectivity index (χ2v) is 4.58. The molecular weight excluding hydrogens is 250 g/mol. The minimum atomic E-state index is 0.869. The molecule has 96 valence electrons. The van der Waals surface area contributed by atoms with Gasteiger partial charge in [0.05, 0.1) is 12.5 Å². The first-order chi connectivity index (χ1) is 9.92. The zero-order valence-electron chi connectivity index (χ0n) is 10.6. The highest BCUT2D eigenvalue weighted by Crippen LogP contribution is 2.30. The van der Waals surface area contributed by atoms with Crippen LogP contribution in [0.5, 0.6) is 0 Å². The molecule has 0 saturated carbocycles. The van der Waals surface area contributed by atoms with Gasteiger partial charge >= 0.3 is 0 Å². The fraction of sp³-hybridized carbons (Fsp3) is 0. The normalized spacial score (nSPS) is 11.0. The topological polar surface area (TPSA) is 54.7 Å². The molecular formula is C16H11N3O. The molecule has 0 atom stereocenters. The first kappa shape index (κ1) is 11.0. The molecule has 0 amide bonds. The van der Waals surface area contributed by atoms with Crippen molar-refractivity contribution in [3.8, 4) is 22.3 Å². The number of aromatic nitrogens is 3. The van der Waals surface area contributed by atoms with Gasteiger partial charge in [-0.05, 0) is 18.2 Å². The van der Waals surface area contributed by atoms with E-state index in [9.17, 15) is 0 Å². The van der Waals surface area contributed by atoms with Crippen LogP contribution < -0.4 is 0 Å². The number of rotatable bonds is 2. The number of aromatic amines is 1. The summed E-state index contributed by atoms with van der Waals surface area (Å²) >= 11 is 0. The molecule has 4 aromatic rings. The maximum absolute atomic E-state index is 5.16. The van der Waals surface area contributed by atoms with Gasteiger partial charge in [0.2, 0.25) is 0 Å². The van der Waals surface area contributed by atoms with Crippen molar-refractivity contribution in [2.45, 2.75) is 0 Å². The molecule has 0 aliphatic heterocycles. The van der Waals surface area contributed by atoms with Gasteiger partial charge in [-0.2, -0.15) is 0 Å². The van der Waals surface area contributed by atoms with Gasteiger partial charge in [0.25, 0.3) is 0 Å². The SMILES string of the molecule is c1cncc(-c2cnc3[nH]cc(-c4ccoc4)c3c2)c1. The van der Waals surface area contributed by atoms with Crippen molar-refractivity contribution in [1.29, 1.82) is 0 Å². The van der Waals surface area contributed by atoms with Crippen LogP contribution in [0.15, 0.2) is 66.0 Å². The molecule has 20 heavy (non-hydrogen) atoms. The van der Waals surface area contributed by atoms with Gasteiger partial charge in [0.1, 0.15) is 5.65 Å². The van der Waals surface area contributed by atoms with E-state index in [1.54, 1.807) is 18.7 Å². The van der Waals surface area contributed by atoms with Gasteiger partial charge < -0.3 is 9.40 Å². The molecule has 0 radical (unpaired) electrons. The maximum atomic E-state index is 5.16. The van der Waals surface area contributed by atoms with Crippen LogP contribution in [0.2, 0.25) is 0 Å². The molecule has 0 saturated heterocycles. The van der Waals surface area contributed by atoms with E-state index in [1.165, 1.54) is 0 Å². The number of furan rings is 1. The Morgan fingerprint density at radius 1 is 1.05 bits per heavy atom. The van der Waals surface area contributed by atoms with E-state index in [0.29, 0.717) is 0 Å². The molecule has 0 bridgehead atoms. The van der Waals surface area contributed by atoms with E-state index in [-0.39, 0.29) is 0 Å². The summed E-state index contributed by atoms with van der Waals surface area (Å²) in [6.07, 6.45) is 10.8. The molecule has 0 aliphatic carbocycles. The summed E-state index contributed by atoms with van der Waals surface area (Å²) in [5.74, 6) is 0. The molecule has 0 spiro atoms. The average Bonchev–Trinajstić information content (AvgIpc) is 3.16. The Kier molecular flexibility index (Phi) is 2.39. The Labute approximate surface area is 115 Å². The van der Waals surface area contributed by atoms with Crippen molar-refractivity contribution >= 4 is 11.0 Å². The van der Waals surface area contributed by atoms with Crippen LogP contribution in [-0.4, -0.2) is 15.0 Å². The molecule has 0 unspecified atom stereocenters. The number of nitrogens with zero attached hydrogens (tertiary/aromatic N) is 2. The van der Waals surface area contributed by atoms with Gasteiger partial charge in [-0.15, -0.1) is 0 Å². The molecule has 0 aliphatic rings. The van der Waals surface area contributed by atoms with E-state index in [2.05, 4.69) is 21.0 Å². The van der Waals surface area contributed by atoms with Crippen LogP contribution in [0.25, 0.3) is 33.3 Å². The predicted octanol–water partition coefficient (Wildman–Crippen LogP) is 3.88. The number of pyridine rings is 2. The van der Waals surface area contributed by atoms with E-state index in [4.69, 9.17) is 4.42 Å². The number of H-pyrrole nitrogens is 1. The number of nitrogens with one attached hydrogen (secondary N) is 1. The Morgan fingerprint density at radius 3 is 2.85 bits per heavy atom. The highest BCUT2D eigenvalue weighted by Gasteiger charge is 2.09. The molecule has 4 heteroatoms. The summed E-state index contributed by atoms with van der Waals surface area (Å²) in [6, 6.07) is 8.02. The monoisotopic (exact) mass is 261 g/mol. The minimum absolute atomic E-state index is 0.869. The van der Waals surface area contributed by atoms with Crippen LogP contribution in [0.4, 0.5) is 0 Å². The van der Waals surface area contributed by atoms with E-state index < -0.39 is 0 Å². The highest BCUT2D eigenvalue weighted by molar-refractivity contribution is 5.95. The summed E-state index contributed by atoms with van der Waals surface area (Å²) < 4.78 is 5.16.